The zero-order chi connectivity index (χ0) is 17.9. The summed E-state index contributed by atoms with van der Waals surface area (Å²) in [6.07, 6.45) is 1.52. The minimum Gasteiger partial charge on any atom is -0.467 e. The molecule has 1 aliphatic rings. The number of nitrogens with zero attached hydrogens (tertiary/aromatic N) is 1. The highest BCUT2D eigenvalue weighted by atomic mass is 16.3. The highest BCUT2D eigenvalue weighted by Gasteiger charge is 2.39. The topological polar surface area (TPSA) is 62.6 Å². The molecule has 0 spiro atoms. The molecule has 0 radical (unpaired) electrons. The van der Waals surface area contributed by atoms with Gasteiger partial charge in [-0.15, -0.1) is 0 Å². The molecule has 128 valence electrons. The van der Waals surface area contributed by atoms with E-state index in [0.29, 0.717) is 16.9 Å². The van der Waals surface area contributed by atoms with Crippen molar-refractivity contribution >= 4 is 23.1 Å². The number of amides is 2. The quantitative estimate of drug-likeness (QED) is 0.717. The Morgan fingerprint density at radius 2 is 1.50 bits per heavy atom. The molecule has 2 amide bonds. The van der Waals surface area contributed by atoms with Crippen molar-refractivity contribution in [3.8, 4) is 0 Å². The second-order valence-corrected chi connectivity index (χ2v) is 5.88. The van der Waals surface area contributed by atoms with E-state index in [-0.39, 0.29) is 24.1 Å². The van der Waals surface area contributed by atoms with Gasteiger partial charge in [0.2, 0.25) is 0 Å². The Bertz CT molecular complexity index is 961. The summed E-state index contributed by atoms with van der Waals surface area (Å²) < 4.78 is 5.30. The minimum absolute atomic E-state index is 0.0982. The maximum absolute atomic E-state index is 13.0. The Kier molecular flexibility index (Phi) is 4.11. The van der Waals surface area contributed by atoms with Crippen LogP contribution in [0.1, 0.15) is 11.3 Å². The van der Waals surface area contributed by atoms with Gasteiger partial charge in [-0.2, -0.15) is 0 Å². The molecule has 0 fully saturated rings. The first-order valence-electron chi connectivity index (χ1n) is 8.24. The first-order valence-corrected chi connectivity index (χ1v) is 8.24. The molecule has 5 nitrogen and oxygen atoms in total. The first-order chi connectivity index (χ1) is 12.7. The number of carbonyl (C=O) groups excluding carboxylic acids is 2. The second kappa shape index (κ2) is 6.72. The van der Waals surface area contributed by atoms with E-state index in [1.165, 1.54) is 11.2 Å². The largest absolute Gasteiger partial charge is 0.467 e. The molecule has 0 saturated carbocycles. The van der Waals surface area contributed by atoms with Crippen molar-refractivity contribution < 1.29 is 14.0 Å². The molecule has 4 rings (SSSR count). The highest BCUT2D eigenvalue weighted by Crippen LogP contribution is 2.31. The Morgan fingerprint density at radius 1 is 0.808 bits per heavy atom. The summed E-state index contributed by atoms with van der Waals surface area (Å²) in [4.78, 5) is 27.2. The molecule has 3 aromatic rings. The standard InChI is InChI=1S/C21H16N2O3/c24-20-18(15-8-3-1-4-9-15)19(22-16-10-5-2-6-11-16)21(25)23(20)14-17-12-7-13-26-17/h1-13,22H,14H2. The normalized spacial score (nSPS) is 14.2. The molecule has 1 N–H and O–H groups in total. The molecule has 0 atom stereocenters. The molecule has 2 heterocycles. The van der Waals surface area contributed by atoms with Gasteiger partial charge in [-0.05, 0) is 29.8 Å². The van der Waals surface area contributed by atoms with E-state index in [9.17, 15) is 9.59 Å². The van der Waals surface area contributed by atoms with Crippen molar-refractivity contribution in [1.82, 2.24) is 4.90 Å². The lowest BCUT2D eigenvalue weighted by molar-refractivity contribution is -0.137. The number of anilines is 1. The predicted octanol–water partition coefficient (Wildman–Crippen LogP) is 3.67. The van der Waals surface area contributed by atoms with Gasteiger partial charge < -0.3 is 9.73 Å². The lowest BCUT2D eigenvalue weighted by Gasteiger charge is -2.13. The lowest BCUT2D eigenvalue weighted by atomic mass is 10.0. The molecule has 5 heteroatoms. The summed E-state index contributed by atoms with van der Waals surface area (Å²) in [6.45, 7) is 0.0982. The number of para-hydroxylation sites is 1. The van der Waals surface area contributed by atoms with Crippen LogP contribution in [-0.2, 0) is 16.1 Å². The lowest BCUT2D eigenvalue weighted by Crippen LogP contribution is -2.31. The number of hydrogen-bond acceptors (Lipinski definition) is 4. The molecule has 0 bridgehead atoms. The fraction of sp³-hybridized carbons (Fsp3) is 0.0476. The third-order valence-electron chi connectivity index (χ3n) is 4.17. The third kappa shape index (κ3) is 2.91. The van der Waals surface area contributed by atoms with Gasteiger partial charge in [-0.3, -0.25) is 14.5 Å². The van der Waals surface area contributed by atoms with Crippen molar-refractivity contribution in [1.29, 1.82) is 0 Å². The Balaban J connectivity index is 1.74. The Labute approximate surface area is 150 Å². The Morgan fingerprint density at radius 3 is 2.15 bits per heavy atom. The monoisotopic (exact) mass is 344 g/mol. The van der Waals surface area contributed by atoms with E-state index in [1.54, 1.807) is 12.1 Å². The van der Waals surface area contributed by atoms with Crippen LogP contribution in [0.2, 0.25) is 0 Å². The van der Waals surface area contributed by atoms with Crippen molar-refractivity contribution in [3.63, 3.8) is 0 Å². The van der Waals surface area contributed by atoms with Gasteiger partial charge in [0.15, 0.2) is 0 Å². The van der Waals surface area contributed by atoms with Crippen molar-refractivity contribution in [2.75, 3.05) is 5.32 Å². The fourth-order valence-corrected chi connectivity index (χ4v) is 2.93. The second-order valence-electron chi connectivity index (χ2n) is 5.88. The van der Waals surface area contributed by atoms with Gasteiger partial charge in [-0.25, -0.2) is 0 Å². The van der Waals surface area contributed by atoms with Gasteiger partial charge in [0, 0.05) is 5.69 Å². The molecule has 0 aliphatic carbocycles. The van der Waals surface area contributed by atoms with E-state index < -0.39 is 0 Å². The summed E-state index contributed by atoms with van der Waals surface area (Å²) in [5.41, 5.74) is 2.09. The van der Waals surface area contributed by atoms with E-state index in [0.717, 1.165) is 5.69 Å². The average Bonchev–Trinajstić information content (AvgIpc) is 3.27. The average molecular weight is 344 g/mol. The van der Waals surface area contributed by atoms with Crippen LogP contribution in [0.4, 0.5) is 5.69 Å². The van der Waals surface area contributed by atoms with Crippen molar-refractivity contribution in [2.45, 2.75) is 6.54 Å². The number of furan rings is 1. The molecule has 0 unspecified atom stereocenters. The van der Waals surface area contributed by atoms with Gasteiger partial charge in [0.25, 0.3) is 11.8 Å². The molecular weight excluding hydrogens is 328 g/mol. The summed E-state index contributed by atoms with van der Waals surface area (Å²) in [7, 11) is 0. The summed E-state index contributed by atoms with van der Waals surface area (Å²) >= 11 is 0. The predicted molar refractivity (Wildman–Crippen MR) is 97.7 cm³/mol. The molecule has 1 aromatic heterocycles. The maximum atomic E-state index is 13.0. The zero-order valence-electron chi connectivity index (χ0n) is 13.9. The van der Waals surface area contributed by atoms with Crippen LogP contribution < -0.4 is 5.32 Å². The SMILES string of the molecule is O=C1C(Nc2ccccc2)=C(c2ccccc2)C(=O)N1Cc1ccco1. The number of rotatable bonds is 5. The minimum atomic E-state index is -0.367. The van der Waals surface area contributed by atoms with Crippen LogP contribution in [0, 0.1) is 0 Å². The van der Waals surface area contributed by atoms with Crippen LogP contribution in [-0.4, -0.2) is 16.7 Å². The molecule has 1 aliphatic heterocycles. The zero-order valence-corrected chi connectivity index (χ0v) is 13.9. The van der Waals surface area contributed by atoms with Crippen LogP contribution in [0.15, 0.2) is 89.2 Å². The fourth-order valence-electron chi connectivity index (χ4n) is 2.93. The molecular formula is C21H16N2O3. The number of carbonyl (C=O) groups is 2. The smallest absolute Gasteiger partial charge is 0.278 e. The van der Waals surface area contributed by atoms with Crippen molar-refractivity contribution in [3.05, 3.63) is 96.1 Å². The van der Waals surface area contributed by atoms with Crippen LogP contribution in [0.25, 0.3) is 5.57 Å². The van der Waals surface area contributed by atoms with Gasteiger partial charge in [0.1, 0.15) is 11.5 Å². The first kappa shape index (κ1) is 15.9. The summed E-state index contributed by atoms with van der Waals surface area (Å²) in [5, 5.41) is 3.12. The van der Waals surface area contributed by atoms with Gasteiger partial charge in [-0.1, -0.05) is 48.5 Å². The van der Waals surface area contributed by atoms with Crippen LogP contribution in [0.3, 0.4) is 0 Å². The van der Waals surface area contributed by atoms with Crippen LogP contribution in [0.5, 0.6) is 0 Å². The van der Waals surface area contributed by atoms with Gasteiger partial charge >= 0.3 is 0 Å². The van der Waals surface area contributed by atoms with E-state index >= 15 is 0 Å². The van der Waals surface area contributed by atoms with E-state index in [2.05, 4.69) is 5.32 Å². The number of benzene rings is 2. The molecule has 26 heavy (non-hydrogen) atoms. The highest BCUT2D eigenvalue weighted by molar-refractivity contribution is 6.36. The number of hydrogen-bond donors (Lipinski definition) is 1. The third-order valence-corrected chi connectivity index (χ3v) is 4.17. The summed E-state index contributed by atoms with van der Waals surface area (Å²) in [6, 6.07) is 22.0. The van der Waals surface area contributed by atoms with Gasteiger partial charge in [0.05, 0.1) is 18.4 Å². The number of imide groups is 1. The maximum Gasteiger partial charge on any atom is 0.278 e. The van der Waals surface area contributed by atoms with E-state index in [1.807, 2.05) is 60.7 Å². The number of nitrogens with one attached hydrogen (secondary N) is 1. The van der Waals surface area contributed by atoms with Crippen molar-refractivity contribution in [2.24, 2.45) is 0 Å². The molecule has 2 aromatic carbocycles. The molecule has 0 saturated heterocycles. The van der Waals surface area contributed by atoms with Crippen LogP contribution >= 0.6 is 0 Å². The Hall–Kier alpha value is -3.60. The van der Waals surface area contributed by atoms with E-state index in [4.69, 9.17) is 4.42 Å². The summed E-state index contributed by atoms with van der Waals surface area (Å²) in [5.74, 6) is -0.148.